The van der Waals surface area contributed by atoms with Crippen molar-refractivity contribution >= 4 is 23.4 Å². The fraction of sp³-hybridized carbons (Fsp3) is 0.273. The predicted octanol–water partition coefficient (Wildman–Crippen LogP) is 3.44. The summed E-state index contributed by atoms with van der Waals surface area (Å²) in [5, 5.41) is 4.67. The minimum absolute atomic E-state index is 0.0223. The number of piperazine rings is 1. The lowest BCUT2D eigenvalue weighted by atomic mass is 9.97. The Hall–Kier alpha value is -3.26. The number of hydrogen-bond acceptors (Lipinski definition) is 4. The quantitative estimate of drug-likeness (QED) is 0.624. The molecule has 160 valence electrons. The highest BCUT2D eigenvalue weighted by Crippen LogP contribution is 2.24. The lowest BCUT2D eigenvalue weighted by Crippen LogP contribution is -2.62. The van der Waals surface area contributed by atoms with E-state index in [-0.39, 0.29) is 23.3 Å². The molecule has 31 heavy (non-hydrogen) atoms. The Morgan fingerprint density at radius 3 is 2.55 bits per heavy atom. The molecule has 0 bridgehead atoms. The van der Waals surface area contributed by atoms with Gasteiger partial charge in [-0.15, -0.1) is 5.10 Å². The van der Waals surface area contributed by atoms with E-state index < -0.39 is 11.4 Å². The van der Waals surface area contributed by atoms with Crippen molar-refractivity contribution in [2.24, 2.45) is 0 Å². The highest BCUT2D eigenvalue weighted by Gasteiger charge is 2.40. The van der Waals surface area contributed by atoms with Crippen molar-refractivity contribution in [3.63, 3.8) is 0 Å². The minimum Gasteiger partial charge on any atom is -0.335 e. The topological polar surface area (TPSA) is 71.3 Å². The first-order valence-electron chi connectivity index (χ1n) is 9.80. The fourth-order valence-electron chi connectivity index (χ4n) is 3.74. The van der Waals surface area contributed by atoms with Crippen molar-refractivity contribution < 1.29 is 14.0 Å². The second kappa shape index (κ2) is 8.11. The van der Waals surface area contributed by atoms with Crippen LogP contribution in [0.25, 0.3) is 5.69 Å². The molecule has 0 aliphatic carbocycles. The molecule has 7 nitrogen and oxygen atoms in total. The Morgan fingerprint density at radius 2 is 1.84 bits per heavy atom. The van der Waals surface area contributed by atoms with Crippen LogP contribution in [0, 0.1) is 5.82 Å². The lowest BCUT2D eigenvalue weighted by Gasteiger charge is -2.46. The van der Waals surface area contributed by atoms with Crippen LogP contribution in [-0.4, -0.2) is 61.6 Å². The molecular weight excluding hydrogens is 421 g/mol. The third-order valence-electron chi connectivity index (χ3n) is 5.29. The smallest absolute Gasteiger partial charge is 0.294 e. The second-order valence-corrected chi connectivity index (χ2v) is 8.41. The van der Waals surface area contributed by atoms with Gasteiger partial charge in [0.2, 0.25) is 5.82 Å². The van der Waals surface area contributed by atoms with Crippen LogP contribution in [0.1, 0.15) is 34.8 Å². The van der Waals surface area contributed by atoms with E-state index in [1.807, 2.05) is 13.8 Å². The number of hydrogen-bond donors (Lipinski definition) is 0. The number of rotatable bonds is 3. The maximum absolute atomic E-state index is 14.0. The van der Waals surface area contributed by atoms with E-state index >= 15 is 0 Å². The molecule has 4 rings (SSSR count). The minimum atomic E-state index is -0.646. The SMILES string of the molecule is CC1(C)CN(C(=O)c2cccc(Cl)c2)CCN1C(=O)c1ncn(-c2ccccc2F)n1. The molecule has 1 aliphatic rings. The van der Waals surface area contributed by atoms with Crippen molar-refractivity contribution in [1.29, 1.82) is 0 Å². The second-order valence-electron chi connectivity index (χ2n) is 7.97. The van der Waals surface area contributed by atoms with Crippen molar-refractivity contribution in [2.45, 2.75) is 19.4 Å². The molecule has 9 heteroatoms. The van der Waals surface area contributed by atoms with Crippen LogP contribution < -0.4 is 0 Å². The van der Waals surface area contributed by atoms with E-state index in [0.29, 0.717) is 30.2 Å². The summed E-state index contributed by atoms with van der Waals surface area (Å²) in [7, 11) is 0. The van der Waals surface area contributed by atoms with E-state index in [1.165, 1.54) is 17.1 Å². The zero-order chi connectivity index (χ0) is 22.2. The third-order valence-corrected chi connectivity index (χ3v) is 5.52. The average Bonchev–Trinajstić information content (AvgIpc) is 3.22. The largest absolute Gasteiger partial charge is 0.335 e. The van der Waals surface area contributed by atoms with Crippen LogP contribution >= 0.6 is 11.6 Å². The van der Waals surface area contributed by atoms with E-state index in [1.54, 1.807) is 52.3 Å². The number of benzene rings is 2. The van der Waals surface area contributed by atoms with Gasteiger partial charge in [0.25, 0.3) is 11.8 Å². The Kier molecular flexibility index (Phi) is 5.49. The van der Waals surface area contributed by atoms with Crippen molar-refractivity contribution in [3.8, 4) is 5.69 Å². The molecule has 0 spiro atoms. The highest BCUT2D eigenvalue weighted by molar-refractivity contribution is 6.30. The van der Waals surface area contributed by atoms with Gasteiger partial charge in [-0.2, -0.15) is 0 Å². The van der Waals surface area contributed by atoms with Gasteiger partial charge in [-0.05, 0) is 44.2 Å². The van der Waals surface area contributed by atoms with Gasteiger partial charge in [0, 0.05) is 30.2 Å². The lowest BCUT2D eigenvalue weighted by molar-refractivity contribution is 0.0160. The van der Waals surface area contributed by atoms with Crippen LogP contribution in [0.4, 0.5) is 4.39 Å². The van der Waals surface area contributed by atoms with Crippen LogP contribution in [0.2, 0.25) is 5.02 Å². The Bertz CT molecular complexity index is 1150. The molecule has 3 aromatic rings. The highest BCUT2D eigenvalue weighted by atomic mass is 35.5. The number of halogens is 2. The van der Waals surface area contributed by atoms with Crippen LogP contribution in [-0.2, 0) is 0 Å². The maximum Gasteiger partial charge on any atom is 0.294 e. The molecule has 1 aliphatic heterocycles. The van der Waals surface area contributed by atoms with Crippen molar-refractivity contribution in [2.75, 3.05) is 19.6 Å². The van der Waals surface area contributed by atoms with E-state index in [9.17, 15) is 14.0 Å². The van der Waals surface area contributed by atoms with Crippen molar-refractivity contribution in [1.82, 2.24) is 24.6 Å². The van der Waals surface area contributed by atoms with Crippen LogP contribution in [0.15, 0.2) is 54.9 Å². The zero-order valence-corrected chi connectivity index (χ0v) is 17.9. The summed E-state index contributed by atoms with van der Waals surface area (Å²) in [5.41, 5.74) is 0.0751. The zero-order valence-electron chi connectivity index (χ0n) is 17.1. The summed E-state index contributed by atoms with van der Waals surface area (Å²) < 4.78 is 15.3. The van der Waals surface area contributed by atoms with E-state index in [4.69, 9.17) is 11.6 Å². The monoisotopic (exact) mass is 441 g/mol. The van der Waals surface area contributed by atoms with Gasteiger partial charge in [-0.3, -0.25) is 9.59 Å². The average molecular weight is 442 g/mol. The van der Waals surface area contributed by atoms with Gasteiger partial charge in [0.1, 0.15) is 17.8 Å². The first kappa shape index (κ1) is 21.0. The van der Waals surface area contributed by atoms with Gasteiger partial charge in [-0.1, -0.05) is 29.8 Å². The van der Waals surface area contributed by atoms with Crippen LogP contribution in [0.5, 0.6) is 0 Å². The van der Waals surface area contributed by atoms with Gasteiger partial charge >= 0.3 is 0 Å². The first-order valence-corrected chi connectivity index (χ1v) is 10.2. The number of nitrogens with zero attached hydrogens (tertiary/aromatic N) is 5. The van der Waals surface area contributed by atoms with E-state index in [2.05, 4.69) is 10.1 Å². The number of para-hydroxylation sites is 1. The molecule has 0 unspecified atom stereocenters. The number of amides is 2. The normalized spacial score (nSPS) is 15.7. The van der Waals surface area contributed by atoms with Gasteiger partial charge in [-0.25, -0.2) is 14.1 Å². The van der Waals surface area contributed by atoms with Gasteiger partial charge in [0.05, 0.1) is 5.54 Å². The summed E-state index contributed by atoms with van der Waals surface area (Å²) in [5.74, 6) is -0.981. The number of aromatic nitrogens is 3. The molecule has 2 aromatic carbocycles. The Morgan fingerprint density at radius 1 is 1.06 bits per heavy atom. The Balaban J connectivity index is 1.51. The predicted molar refractivity (Wildman–Crippen MR) is 114 cm³/mol. The molecule has 0 atom stereocenters. The van der Waals surface area contributed by atoms with Gasteiger partial charge < -0.3 is 9.80 Å². The maximum atomic E-state index is 14.0. The van der Waals surface area contributed by atoms with E-state index in [0.717, 1.165) is 0 Å². The molecule has 1 aromatic heterocycles. The molecule has 0 N–H and O–H groups in total. The third kappa shape index (κ3) is 4.16. The molecule has 2 amide bonds. The summed E-state index contributed by atoms with van der Waals surface area (Å²) >= 11 is 6.01. The molecule has 0 saturated carbocycles. The summed E-state index contributed by atoms with van der Waals surface area (Å²) in [4.78, 5) is 33.4. The van der Waals surface area contributed by atoms with Gasteiger partial charge in [0.15, 0.2) is 0 Å². The molecule has 1 fully saturated rings. The van der Waals surface area contributed by atoms with Crippen molar-refractivity contribution in [3.05, 3.63) is 77.1 Å². The molecule has 2 heterocycles. The van der Waals surface area contributed by atoms with Crippen LogP contribution in [0.3, 0.4) is 0 Å². The number of carbonyl (C=O) groups is 2. The fourth-order valence-corrected chi connectivity index (χ4v) is 3.93. The number of carbonyl (C=O) groups excluding carboxylic acids is 2. The molecule has 1 saturated heterocycles. The first-order chi connectivity index (χ1) is 14.8. The Labute approximate surface area is 184 Å². The summed E-state index contributed by atoms with van der Waals surface area (Å²) in [6, 6.07) is 12.9. The summed E-state index contributed by atoms with van der Waals surface area (Å²) in [6.45, 7) is 4.81. The summed E-state index contributed by atoms with van der Waals surface area (Å²) in [6.07, 6.45) is 1.32. The molecular formula is C22H21ClFN5O2. The molecule has 0 radical (unpaired) electrons. The standard InChI is InChI=1S/C22H21ClFN5O2/c1-22(2)13-27(20(30)15-6-5-7-16(23)12-15)10-11-28(22)21(31)19-25-14-29(26-19)18-9-4-3-8-17(18)24/h3-9,12,14H,10-11,13H2,1-2H3.